The number of aromatic nitrogens is 2. The molecular weight excluding hydrogens is 459 g/mol. The highest BCUT2D eigenvalue weighted by molar-refractivity contribution is 7.80. The van der Waals surface area contributed by atoms with Crippen molar-refractivity contribution in [3.05, 3.63) is 47.4 Å². The van der Waals surface area contributed by atoms with Crippen LogP contribution in [0.5, 0.6) is 0 Å². The molecule has 1 amide bonds. The van der Waals surface area contributed by atoms with Crippen molar-refractivity contribution < 1.29 is 23.1 Å². The number of nitrogens with one attached hydrogen (secondary N) is 1. The number of amidine groups is 1. The molecule has 0 aliphatic carbocycles. The molecule has 2 aromatic heterocycles. The number of halogens is 3. The SMILES string of the molecule is CC(C)N1Cc2cnccc2C1C(N)=NC(=S)Nc1ncc(C(F)(F)F)cc1N(C)C(=O)O. The molecule has 3 rings (SSSR count). The van der Waals surface area contributed by atoms with E-state index in [2.05, 4.69) is 25.2 Å². The number of nitrogens with two attached hydrogens (primary N) is 1. The quantitative estimate of drug-likeness (QED) is 0.344. The third kappa shape index (κ3) is 5.20. The average molecular weight is 482 g/mol. The van der Waals surface area contributed by atoms with Gasteiger partial charge in [0.25, 0.3) is 0 Å². The molecule has 3 heterocycles. The molecule has 0 radical (unpaired) electrons. The Kier molecular flexibility index (Phi) is 6.84. The molecular formula is C20H22F3N7O2S. The van der Waals surface area contributed by atoms with Gasteiger partial charge in [-0.25, -0.2) is 14.8 Å². The number of hydrogen-bond acceptors (Lipinski definition) is 5. The van der Waals surface area contributed by atoms with Crippen LogP contribution in [-0.4, -0.2) is 50.1 Å². The maximum atomic E-state index is 13.1. The summed E-state index contributed by atoms with van der Waals surface area (Å²) in [6, 6.07) is 2.27. The van der Waals surface area contributed by atoms with Crippen molar-refractivity contribution in [1.82, 2.24) is 14.9 Å². The molecule has 2 aromatic rings. The summed E-state index contributed by atoms with van der Waals surface area (Å²) in [5.74, 6) is -0.0302. The summed E-state index contributed by atoms with van der Waals surface area (Å²) in [6.07, 6.45) is -2.18. The molecule has 1 aliphatic heterocycles. The van der Waals surface area contributed by atoms with E-state index in [0.717, 1.165) is 18.2 Å². The Morgan fingerprint density at radius 2 is 2.12 bits per heavy atom. The lowest BCUT2D eigenvalue weighted by Gasteiger charge is -2.28. The third-order valence-corrected chi connectivity index (χ3v) is 5.36. The molecule has 0 aromatic carbocycles. The van der Waals surface area contributed by atoms with Crippen LogP contribution in [0.4, 0.5) is 29.5 Å². The largest absolute Gasteiger partial charge is 0.465 e. The minimum Gasteiger partial charge on any atom is -0.465 e. The van der Waals surface area contributed by atoms with Crippen LogP contribution in [0, 0.1) is 0 Å². The normalized spacial score (nSPS) is 16.6. The van der Waals surface area contributed by atoms with Crippen molar-refractivity contribution in [3.8, 4) is 0 Å². The number of nitrogens with zero attached hydrogens (tertiary/aromatic N) is 5. The molecule has 9 nitrogen and oxygen atoms in total. The second kappa shape index (κ2) is 9.27. The van der Waals surface area contributed by atoms with Crippen LogP contribution >= 0.6 is 12.2 Å². The zero-order valence-corrected chi connectivity index (χ0v) is 18.8. The lowest BCUT2D eigenvalue weighted by Crippen LogP contribution is -2.38. The maximum Gasteiger partial charge on any atom is 0.417 e. The number of pyridine rings is 2. The van der Waals surface area contributed by atoms with Crippen molar-refractivity contribution in [3.63, 3.8) is 0 Å². The first kappa shape index (κ1) is 24.3. The van der Waals surface area contributed by atoms with E-state index in [9.17, 15) is 23.1 Å². The number of hydrogen-bond donors (Lipinski definition) is 3. The Labute approximate surface area is 193 Å². The molecule has 0 spiro atoms. The van der Waals surface area contributed by atoms with Crippen molar-refractivity contribution in [2.24, 2.45) is 10.7 Å². The number of anilines is 2. The van der Waals surface area contributed by atoms with Crippen molar-refractivity contribution >= 4 is 40.8 Å². The fourth-order valence-corrected chi connectivity index (χ4v) is 3.69. The number of carbonyl (C=O) groups is 1. The van der Waals surface area contributed by atoms with Crippen LogP contribution < -0.4 is 16.0 Å². The average Bonchev–Trinajstić information content (AvgIpc) is 3.12. The van der Waals surface area contributed by atoms with E-state index in [1.165, 1.54) is 0 Å². The molecule has 0 saturated carbocycles. The first-order chi connectivity index (χ1) is 15.4. The molecule has 33 heavy (non-hydrogen) atoms. The van der Waals surface area contributed by atoms with E-state index >= 15 is 0 Å². The lowest BCUT2D eigenvalue weighted by atomic mass is 10.1. The number of carboxylic acid groups (broad SMARTS) is 1. The molecule has 1 unspecified atom stereocenters. The second-order valence-electron chi connectivity index (χ2n) is 7.64. The topological polar surface area (TPSA) is 120 Å². The monoisotopic (exact) mass is 481 g/mol. The zero-order chi connectivity index (χ0) is 24.5. The molecule has 1 aliphatic rings. The van der Waals surface area contributed by atoms with Crippen molar-refractivity contribution in [2.75, 3.05) is 17.3 Å². The van der Waals surface area contributed by atoms with Crippen LogP contribution in [0.15, 0.2) is 35.7 Å². The zero-order valence-electron chi connectivity index (χ0n) is 18.0. The van der Waals surface area contributed by atoms with Crippen molar-refractivity contribution in [2.45, 2.75) is 38.7 Å². The van der Waals surface area contributed by atoms with Gasteiger partial charge < -0.3 is 16.2 Å². The molecule has 4 N–H and O–H groups in total. The Morgan fingerprint density at radius 3 is 2.73 bits per heavy atom. The summed E-state index contributed by atoms with van der Waals surface area (Å²) >= 11 is 5.23. The van der Waals surface area contributed by atoms with Gasteiger partial charge in [-0.2, -0.15) is 13.2 Å². The molecule has 1 atom stereocenters. The van der Waals surface area contributed by atoms with Crippen LogP contribution in [0.1, 0.15) is 36.6 Å². The minimum atomic E-state index is -4.70. The van der Waals surface area contributed by atoms with Gasteiger partial charge >= 0.3 is 12.3 Å². The Bertz CT molecular complexity index is 1110. The Morgan fingerprint density at radius 1 is 1.42 bits per heavy atom. The molecule has 0 fully saturated rings. The van der Waals surface area contributed by atoms with Gasteiger partial charge in [0.2, 0.25) is 0 Å². The first-order valence-electron chi connectivity index (χ1n) is 9.77. The molecule has 13 heteroatoms. The van der Waals surface area contributed by atoms with Gasteiger partial charge in [-0.3, -0.25) is 14.8 Å². The van der Waals surface area contributed by atoms with Crippen LogP contribution in [0.25, 0.3) is 0 Å². The highest BCUT2D eigenvalue weighted by atomic mass is 32.1. The van der Waals surface area contributed by atoms with Gasteiger partial charge in [0, 0.05) is 38.2 Å². The van der Waals surface area contributed by atoms with Gasteiger partial charge in [-0.05, 0) is 49.3 Å². The summed E-state index contributed by atoms with van der Waals surface area (Å²) in [5, 5.41) is 11.7. The third-order valence-electron chi connectivity index (χ3n) is 5.16. The minimum absolute atomic E-state index is 0.130. The summed E-state index contributed by atoms with van der Waals surface area (Å²) in [7, 11) is 1.09. The van der Waals surface area contributed by atoms with Gasteiger partial charge in [0.1, 0.15) is 5.84 Å². The van der Waals surface area contributed by atoms with E-state index < -0.39 is 17.8 Å². The Balaban J connectivity index is 1.91. The smallest absolute Gasteiger partial charge is 0.417 e. The summed E-state index contributed by atoms with van der Waals surface area (Å²) < 4.78 is 39.3. The van der Waals surface area contributed by atoms with Crippen LogP contribution in [0.3, 0.4) is 0 Å². The van der Waals surface area contributed by atoms with Gasteiger partial charge in [0.05, 0.1) is 17.3 Å². The van der Waals surface area contributed by atoms with Gasteiger partial charge in [-0.1, -0.05) is 0 Å². The first-order valence-corrected chi connectivity index (χ1v) is 10.2. The second-order valence-corrected chi connectivity index (χ2v) is 8.03. The van der Waals surface area contributed by atoms with E-state index in [4.69, 9.17) is 18.0 Å². The van der Waals surface area contributed by atoms with E-state index in [0.29, 0.717) is 23.7 Å². The molecule has 0 bridgehead atoms. The Hall–Kier alpha value is -3.32. The standard InChI is InChI=1S/C20H22F3N7O2S/c1-10(2)30-9-11-7-25-5-4-13(11)15(30)16(24)27-18(33)28-17-14(29(3)19(31)32)6-12(8-26-17)20(21,22)23/h4-8,10,15H,9H2,1-3H3,(H,31,32)(H3,24,26,27,28,33). The molecule has 0 saturated heterocycles. The summed E-state index contributed by atoms with van der Waals surface area (Å²) in [4.78, 5) is 26.2. The highest BCUT2D eigenvalue weighted by Gasteiger charge is 2.35. The number of rotatable bonds is 4. The van der Waals surface area contributed by atoms with Crippen LogP contribution in [-0.2, 0) is 12.7 Å². The number of fused-ring (bicyclic) bond motifs is 1. The van der Waals surface area contributed by atoms with Gasteiger partial charge in [0.15, 0.2) is 10.9 Å². The lowest BCUT2D eigenvalue weighted by molar-refractivity contribution is -0.137. The number of alkyl halides is 3. The maximum absolute atomic E-state index is 13.1. The summed E-state index contributed by atoms with van der Waals surface area (Å²) in [6.45, 7) is 4.64. The number of thiocarbonyl (C=S) groups is 1. The fraction of sp³-hybridized carbons (Fsp3) is 0.350. The van der Waals surface area contributed by atoms with Gasteiger partial charge in [-0.15, -0.1) is 0 Å². The number of aliphatic imine (C=N–C) groups is 1. The molecule has 176 valence electrons. The fourth-order valence-electron chi connectivity index (χ4n) is 3.48. The van der Waals surface area contributed by atoms with Crippen molar-refractivity contribution in [1.29, 1.82) is 0 Å². The van der Waals surface area contributed by atoms with E-state index in [-0.39, 0.29) is 34.5 Å². The predicted molar refractivity (Wildman–Crippen MR) is 121 cm³/mol. The van der Waals surface area contributed by atoms with Crippen LogP contribution in [0.2, 0.25) is 0 Å². The highest BCUT2D eigenvalue weighted by Crippen LogP contribution is 2.36. The van der Waals surface area contributed by atoms with E-state index in [1.54, 1.807) is 12.4 Å². The predicted octanol–water partition coefficient (Wildman–Crippen LogP) is 3.63. The number of amides is 1. The van der Waals surface area contributed by atoms with E-state index in [1.807, 2.05) is 19.9 Å². The summed E-state index contributed by atoms with van der Waals surface area (Å²) in [5.41, 5.74) is 6.78.